The lowest BCUT2D eigenvalue weighted by Crippen LogP contribution is -2.09. The van der Waals surface area contributed by atoms with Crippen LogP contribution in [0.4, 0.5) is 5.69 Å². The van der Waals surface area contributed by atoms with Crippen molar-refractivity contribution in [2.75, 3.05) is 19.0 Å². The molecule has 0 aliphatic rings. The Kier molecular flexibility index (Phi) is 4.58. The average Bonchev–Trinajstić information content (AvgIpc) is 2.41. The zero-order valence-electron chi connectivity index (χ0n) is 11.1. The van der Waals surface area contributed by atoms with Crippen molar-refractivity contribution in [3.63, 3.8) is 0 Å². The summed E-state index contributed by atoms with van der Waals surface area (Å²) < 4.78 is 1.18. The summed E-state index contributed by atoms with van der Waals surface area (Å²) in [6, 6.07) is 15.8. The third-order valence-corrected chi connectivity index (χ3v) is 3.70. The summed E-state index contributed by atoms with van der Waals surface area (Å²) in [4.78, 5) is 14.2. The number of anilines is 1. The lowest BCUT2D eigenvalue weighted by molar-refractivity contribution is 0.0993. The van der Waals surface area contributed by atoms with Gasteiger partial charge in [0.05, 0.1) is 0 Å². The van der Waals surface area contributed by atoms with Crippen LogP contribution < -0.4 is 4.90 Å². The minimum atomic E-state index is 0.159. The van der Waals surface area contributed by atoms with Gasteiger partial charge in [-0.05, 0) is 64.6 Å². The number of hydrogen-bond acceptors (Lipinski definition) is 2. The summed E-state index contributed by atoms with van der Waals surface area (Å²) in [7, 11) is 3.98. The summed E-state index contributed by atoms with van der Waals surface area (Å²) in [5, 5.41) is 0. The van der Waals surface area contributed by atoms with Gasteiger partial charge >= 0.3 is 0 Å². The van der Waals surface area contributed by atoms with Gasteiger partial charge in [0, 0.05) is 35.3 Å². The summed E-state index contributed by atoms with van der Waals surface area (Å²) in [6.45, 7) is 0. The van der Waals surface area contributed by atoms with Crippen LogP contribution in [0.2, 0.25) is 0 Å². The van der Waals surface area contributed by atoms with Crippen LogP contribution in [0.15, 0.2) is 48.5 Å². The molecule has 0 aliphatic heterocycles. The maximum absolute atomic E-state index is 12.2. The van der Waals surface area contributed by atoms with Gasteiger partial charge in [0.15, 0.2) is 5.78 Å². The molecule has 0 bridgehead atoms. The van der Waals surface area contributed by atoms with E-state index < -0.39 is 0 Å². The predicted molar refractivity (Wildman–Crippen MR) is 88.0 cm³/mol. The maximum Gasteiger partial charge on any atom is 0.167 e. The molecule has 2 aromatic carbocycles. The van der Waals surface area contributed by atoms with Crippen LogP contribution in [0, 0.1) is 3.57 Å². The van der Waals surface area contributed by atoms with Gasteiger partial charge in [0.1, 0.15) is 0 Å². The molecule has 0 atom stereocenters. The van der Waals surface area contributed by atoms with Crippen molar-refractivity contribution in [1.29, 1.82) is 0 Å². The monoisotopic (exact) mass is 365 g/mol. The van der Waals surface area contributed by atoms with E-state index in [1.54, 1.807) is 0 Å². The first kappa shape index (κ1) is 14.1. The average molecular weight is 365 g/mol. The van der Waals surface area contributed by atoms with Gasteiger partial charge < -0.3 is 4.90 Å². The van der Waals surface area contributed by atoms with E-state index in [1.807, 2.05) is 67.5 Å². The Morgan fingerprint density at radius 3 is 2.11 bits per heavy atom. The van der Waals surface area contributed by atoms with E-state index in [4.69, 9.17) is 0 Å². The summed E-state index contributed by atoms with van der Waals surface area (Å²) in [6.07, 6.45) is 0.457. The SMILES string of the molecule is CN(C)c1ccc(C(=O)Cc2ccc(I)cc2)cc1. The Hall–Kier alpha value is -1.36. The van der Waals surface area contributed by atoms with E-state index in [-0.39, 0.29) is 5.78 Å². The van der Waals surface area contributed by atoms with Gasteiger partial charge in [-0.2, -0.15) is 0 Å². The number of halogens is 1. The largest absolute Gasteiger partial charge is 0.378 e. The first-order valence-corrected chi connectivity index (χ1v) is 7.19. The van der Waals surface area contributed by atoms with Gasteiger partial charge in [0.25, 0.3) is 0 Å². The Morgan fingerprint density at radius 1 is 1.00 bits per heavy atom. The third-order valence-electron chi connectivity index (χ3n) is 2.98. The van der Waals surface area contributed by atoms with Gasteiger partial charge in [0.2, 0.25) is 0 Å². The van der Waals surface area contributed by atoms with E-state index in [0.29, 0.717) is 6.42 Å². The van der Waals surface area contributed by atoms with Crippen LogP contribution in [-0.2, 0) is 6.42 Å². The van der Waals surface area contributed by atoms with Crippen LogP contribution in [-0.4, -0.2) is 19.9 Å². The van der Waals surface area contributed by atoms with Crippen molar-refractivity contribution in [3.8, 4) is 0 Å². The molecule has 2 aromatic rings. The van der Waals surface area contributed by atoms with Crippen molar-refractivity contribution >= 4 is 34.1 Å². The molecule has 19 heavy (non-hydrogen) atoms. The van der Waals surface area contributed by atoms with Gasteiger partial charge in [-0.1, -0.05) is 12.1 Å². The van der Waals surface area contributed by atoms with Crippen molar-refractivity contribution in [3.05, 3.63) is 63.2 Å². The molecular weight excluding hydrogens is 349 g/mol. The van der Waals surface area contributed by atoms with Crippen LogP contribution in [0.3, 0.4) is 0 Å². The number of rotatable bonds is 4. The Morgan fingerprint density at radius 2 is 1.58 bits per heavy atom. The minimum absolute atomic E-state index is 0.159. The fourth-order valence-corrected chi connectivity index (χ4v) is 2.19. The standard InChI is InChI=1S/C16H16INO/c1-18(2)15-9-5-13(6-10-15)16(19)11-12-3-7-14(17)8-4-12/h3-10H,11H2,1-2H3. The molecule has 2 rings (SSSR count). The summed E-state index contributed by atoms with van der Waals surface area (Å²) in [5.41, 5.74) is 2.93. The molecule has 0 saturated carbocycles. The molecule has 0 aliphatic carbocycles. The molecule has 98 valence electrons. The molecule has 0 heterocycles. The topological polar surface area (TPSA) is 20.3 Å². The second-order valence-corrected chi connectivity index (χ2v) is 5.91. The molecule has 0 unspecified atom stereocenters. The number of carbonyl (C=O) groups excluding carboxylic acids is 1. The third kappa shape index (κ3) is 3.80. The number of hydrogen-bond donors (Lipinski definition) is 0. The van der Waals surface area contributed by atoms with E-state index in [1.165, 1.54) is 3.57 Å². The molecule has 0 amide bonds. The highest BCUT2D eigenvalue weighted by Gasteiger charge is 2.07. The normalized spacial score (nSPS) is 10.3. The molecule has 0 saturated heterocycles. The van der Waals surface area contributed by atoms with Crippen molar-refractivity contribution in [2.24, 2.45) is 0 Å². The highest BCUT2D eigenvalue weighted by atomic mass is 127. The quantitative estimate of drug-likeness (QED) is 0.607. The highest BCUT2D eigenvalue weighted by Crippen LogP contribution is 2.15. The second kappa shape index (κ2) is 6.19. The van der Waals surface area contributed by atoms with Crippen LogP contribution in [0.5, 0.6) is 0 Å². The number of nitrogens with zero attached hydrogens (tertiary/aromatic N) is 1. The molecule has 0 fully saturated rings. The zero-order chi connectivity index (χ0) is 13.8. The Labute approximate surface area is 127 Å². The maximum atomic E-state index is 12.2. The lowest BCUT2D eigenvalue weighted by atomic mass is 10.0. The van der Waals surface area contributed by atoms with Gasteiger partial charge in [-0.15, -0.1) is 0 Å². The number of carbonyl (C=O) groups is 1. The number of benzene rings is 2. The Balaban J connectivity index is 2.09. The second-order valence-electron chi connectivity index (χ2n) is 4.67. The smallest absolute Gasteiger partial charge is 0.167 e. The fourth-order valence-electron chi connectivity index (χ4n) is 1.84. The molecule has 0 spiro atoms. The lowest BCUT2D eigenvalue weighted by Gasteiger charge is -2.12. The summed E-state index contributed by atoms with van der Waals surface area (Å²) in [5.74, 6) is 0.159. The van der Waals surface area contributed by atoms with Crippen molar-refractivity contribution in [2.45, 2.75) is 6.42 Å². The van der Waals surface area contributed by atoms with Crippen molar-refractivity contribution < 1.29 is 4.79 Å². The van der Waals surface area contributed by atoms with Crippen LogP contribution in [0.25, 0.3) is 0 Å². The van der Waals surface area contributed by atoms with E-state index in [0.717, 1.165) is 16.8 Å². The molecule has 0 radical (unpaired) electrons. The molecule has 0 N–H and O–H groups in total. The van der Waals surface area contributed by atoms with Gasteiger partial charge in [-0.25, -0.2) is 0 Å². The number of Topliss-reactive ketones (excluding diaryl/α,β-unsaturated/α-hetero) is 1. The van der Waals surface area contributed by atoms with Crippen LogP contribution >= 0.6 is 22.6 Å². The highest BCUT2D eigenvalue weighted by molar-refractivity contribution is 14.1. The van der Waals surface area contributed by atoms with Gasteiger partial charge in [-0.3, -0.25) is 4.79 Å². The minimum Gasteiger partial charge on any atom is -0.378 e. The van der Waals surface area contributed by atoms with E-state index in [2.05, 4.69) is 22.6 Å². The zero-order valence-corrected chi connectivity index (χ0v) is 13.2. The summed E-state index contributed by atoms with van der Waals surface area (Å²) >= 11 is 2.26. The Bertz CT molecular complexity index is 558. The van der Waals surface area contributed by atoms with E-state index >= 15 is 0 Å². The molecule has 0 aromatic heterocycles. The van der Waals surface area contributed by atoms with Crippen LogP contribution in [0.1, 0.15) is 15.9 Å². The molecule has 3 heteroatoms. The molecular formula is C16H16INO. The predicted octanol–water partition coefficient (Wildman–Crippen LogP) is 3.78. The van der Waals surface area contributed by atoms with Crippen molar-refractivity contribution in [1.82, 2.24) is 0 Å². The van der Waals surface area contributed by atoms with E-state index in [9.17, 15) is 4.79 Å². The molecule has 2 nitrogen and oxygen atoms in total. The first-order valence-electron chi connectivity index (χ1n) is 6.11. The fraction of sp³-hybridized carbons (Fsp3) is 0.188. The number of ketones is 1. The first-order chi connectivity index (χ1) is 9.06.